The highest BCUT2D eigenvalue weighted by molar-refractivity contribution is 5.96. The van der Waals surface area contributed by atoms with E-state index in [-0.39, 0.29) is 13.0 Å². The number of hydrogen-bond acceptors (Lipinski definition) is 4. The minimum atomic E-state index is -1.36. The Hall–Kier alpha value is -1.83. The fraction of sp³-hybridized carbons (Fsp3) is 0.571. The highest BCUT2D eigenvalue weighted by Crippen LogP contribution is 2.07. The van der Waals surface area contributed by atoms with E-state index in [0.29, 0.717) is 11.3 Å². The normalized spacial score (nSPS) is 11.8. The van der Waals surface area contributed by atoms with Crippen molar-refractivity contribution >= 4 is 18.0 Å². The van der Waals surface area contributed by atoms with E-state index in [2.05, 4.69) is 0 Å². The van der Waals surface area contributed by atoms with Crippen LogP contribution in [0, 0.1) is 0 Å². The van der Waals surface area contributed by atoms with Crippen LogP contribution in [0.2, 0.25) is 0 Å². The maximum absolute atomic E-state index is 10.8. The second kappa shape index (κ2) is 5.81. The van der Waals surface area contributed by atoms with Crippen molar-refractivity contribution in [2.45, 2.75) is 18.9 Å². The van der Waals surface area contributed by atoms with Gasteiger partial charge in [-0.05, 0) is 19.4 Å². The molecule has 0 radical (unpaired) electrons. The number of carbonyl (C=O) groups excluding carboxylic acids is 2. The zero-order valence-corrected chi connectivity index (χ0v) is 8.05. The third-order valence-corrected chi connectivity index (χ3v) is 1.75. The SMILES string of the molecule is NCCC[C@@H](C(=O)O)N(C(N)=O)C(N)=O. The van der Waals surface area contributed by atoms with Crippen molar-refractivity contribution in [1.82, 2.24) is 4.90 Å². The summed E-state index contributed by atoms with van der Waals surface area (Å²) in [6, 6.07) is -3.73. The van der Waals surface area contributed by atoms with Gasteiger partial charge in [-0.25, -0.2) is 19.3 Å². The van der Waals surface area contributed by atoms with E-state index in [9.17, 15) is 14.4 Å². The van der Waals surface area contributed by atoms with Gasteiger partial charge in [-0.1, -0.05) is 0 Å². The molecule has 1 atom stereocenters. The second-order valence-electron chi connectivity index (χ2n) is 2.83. The molecular formula is C7H14N4O4. The molecule has 0 fully saturated rings. The molecule has 4 amide bonds. The molecule has 7 N–H and O–H groups in total. The van der Waals surface area contributed by atoms with Crippen molar-refractivity contribution in [1.29, 1.82) is 0 Å². The Morgan fingerprint density at radius 2 is 1.67 bits per heavy atom. The lowest BCUT2D eigenvalue weighted by molar-refractivity contribution is -0.141. The van der Waals surface area contributed by atoms with Gasteiger partial charge < -0.3 is 22.3 Å². The van der Waals surface area contributed by atoms with Crippen LogP contribution >= 0.6 is 0 Å². The maximum atomic E-state index is 10.8. The summed E-state index contributed by atoms with van der Waals surface area (Å²) in [4.78, 5) is 32.7. The largest absolute Gasteiger partial charge is 0.480 e. The third kappa shape index (κ3) is 3.81. The van der Waals surface area contributed by atoms with Gasteiger partial charge in [0.2, 0.25) is 0 Å². The lowest BCUT2D eigenvalue weighted by Gasteiger charge is -2.23. The van der Waals surface area contributed by atoms with Crippen LogP contribution in [-0.2, 0) is 4.79 Å². The fourth-order valence-electron chi connectivity index (χ4n) is 1.09. The van der Waals surface area contributed by atoms with Crippen LogP contribution < -0.4 is 17.2 Å². The highest BCUT2D eigenvalue weighted by atomic mass is 16.4. The zero-order valence-electron chi connectivity index (χ0n) is 8.05. The van der Waals surface area contributed by atoms with Gasteiger partial charge in [0.05, 0.1) is 0 Å². The number of hydrogen-bond donors (Lipinski definition) is 4. The Balaban J connectivity index is 4.76. The molecule has 0 unspecified atom stereocenters. The fourth-order valence-corrected chi connectivity index (χ4v) is 1.09. The number of carboxylic acid groups (broad SMARTS) is 1. The third-order valence-electron chi connectivity index (χ3n) is 1.75. The molecule has 0 aliphatic rings. The second-order valence-corrected chi connectivity index (χ2v) is 2.83. The number of imide groups is 1. The molecule has 0 aliphatic heterocycles. The number of amides is 4. The van der Waals surface area contributed by atoms with Gasteiger partial charge in [-0.2, -0.15) is 0 Å². The lowest BCUT2D eigenvalue weighted by atomic mass is 10.1. The summed E-state index contributed by atoms with van der Waals surface area (Å²) in [7, 11) is 0. The number of primary amides is 2. The smallest absolute Gasteiger partial charge is 0.327 e. The summed E-state index contributed by atoms with van der Waals surface area (Å²) in [5, 5.41) is 8.77. The summed E-state index contributed by atoms with van der Waals surface area (Å²) in [6.45, 7) is 0.245. The standard InChI is InChI=1S/C7H14N4O4/c8-3-1-2-4(5(12)13)11(6(9)14)7(10)15/h4H,1-3,8H2,(H2,9,14)(H2,10,15)(H,12,13)/t4-/m0/s1. The summed E-state index contributed by atoms with van der Waals surface area (Å²) in [6.07, 6.45) is 0.367. The topological polar surface area (TPSA) is 153 Å². The summed E-state index contributed by atoms with van der Waals surface area (Å²) in [5.74, 6) is -1.35. The molecule has 0 aromatic rings. The van der Waals surface area contributed by atoms with Crippen LogP contribution in [-0.4, -0.2) is 40.6 Å². The first-order valence-corrected chi connectivity index (χ1v) is 4.22. The molecular weight excluding hydrogens is 204 g/mol. The summed E-state index contributed by atoms with van der Waals surface area (Å²) < 4.78 is 0. The highest BCUT2D eigenvalue weighted by Gasteiger charge is 2.31. The predicted octanol–water partition coefficient (Wildman–Crippen LogP) is -1.36. The molecule has 86 valence electrons. The molecule has 15 heavy (non-hydrogen) atoms. The Morgan fingerprint density at radius 3 is 1.93 bits per heavy atom. The number of urea groups is 2. The molecule has 0 spiro atoms. The summed E-state index contributed by atoms with van der Waals surface area (Å²) in [5.41, 5.74) is 14.9. The van der Waals surface area contributed by atoms with Gasteiger partial charge >= 0.3 is 18.0 Å². The van der Waals surface area contributed by atoms with E-state index in [1.54, 1.807) is 0 Å². The molecule has 0 rings (SSSR count). The number of nitrogens with zero attached hydrogens (tertiary/aromatic N) is 1. The van der Waals surface area contributed by atoms with E-state index in [1.807, 2.05) is 0 Å². The number of nitrogens with two attached hydrogens (primary N) is 3. The van der Waals surface area contributed by atoms with Crippen LogP contribution in [0.5, 0.6) is 0 Å². The Bertz CT molecular complexity index is 254. The van der Waals surface area contributed by atoms with Crippen molar-refractivity contribution in [2.75, 3.05) is 6.54 Å². The molecule has 0 aromatic heterocycles. The molecule has 0 heterocycles. The van der Waals surface area contributed by atoms with Crippen molar-refractivity contribution in [3.05, 3.63) is 0 Å². The Morgan fingerprint density at radius 1 is 1.20 bits per heavy atom. The van der Waals surface area contributed by atoms with Crippen LogP contribution in [0.4, 0.5) is 9.59 Å². The Kier molecular flexibility index (Phi) is 5.10. The molecule has 0 saturated heterocycles. The number of carboxylic acids is 1. The summed E-state index contributed by atoms with van der Waals surface area (Å²) >= 11 is 0. The van der Waals surface area contributed by atoms with Gasteiger partial charge in [0.1, 0.15) is 6.04 Å². The maximum Gasteiger partial charge on any atom is 0.327 e. The van der Waals surface area contributed by atoms with Crippen LogP contribution in [0.25, 0.3) is 0 Å². The van der Waals surface area contributed by atoms with Crippen LogP contribution in [0.1, 0.15) is 12.8 Å². The van der Waals surface area contributed by atoms with E-state index < -0.39 is 24.1 Å². The first-order chi connectivity index (χ1) is 6.91. The minimum absolute atomic E-state index is 0.0255. The van der Waals surface area contributed by atoms with Gasteiger partial charge in [0.25, 0.3) is 0 Å². The van der Waals surface area contributed by atoms with Gasteiger partial charge in [-0.3, -0.25) is 0 Å². The van der Waals surface area contributed by atoms with Gasteiger partial charge in [0, 0.05) is 0 Å². The Labute approximate surface area is 86.0 Å². The molecule has 0 aliphatic carbocycles. The lowest BCUT2D eigenvalue weighted by Crippen LogP contribution is -2.53. The minimum Gasteiger partial charge on any atom is -0.480 e. The monoisotopic (exact) mass is 218 g/mol. The molecule has 0 aromatic carbocycles. The molecule has 0 saturated carbocycles. The first-order valence-electron chi connectivity index (χ1n) is 4.22. The van der Waals surface area contributed by atoms with E-state index in [1.165, 1.54) is 0 Å². The quantitative estimate of drug-likeness (QED) is 0.448. The zero-order chi connectivity index (χ0) is 12.0. The number of aliphatic carboxylic acids is 1. The van der Waals surface area contributed by atoms with Crippen LogP contribution in [0.3, 0.4) is 0 Å². The van der Waals surface area contributed by atoms with E-state index in [0.717, 1.165) is 0 Å². The average Bonchev–Trinajstić information content (AvgIpc) is 2.09. The molecule has 0 bridgehead atoms. The van der Waals surface area contributed by atoms with Gasteiger partial charge in [0.15, 0.2) is 0 Å². The number of carbonyl (C=O) groups is 3. The first kappa shape index (κ1) is 13.2. The predicted molar refractivity (Wildman–Crippen MR) is 50.7 cm³/mol. The van der Waals surface area contributed by atoms with E-state index in [4.69, 9.17) is 22.3 Å². The van der Waals surface area contributed by atoms with Crippen molar-refractivity contribution < 1.29 is 19.5 Å². The van der Waals surface area contributed by atoms with Crippen molar-refractivity contribution in [3.63, 3.8) is 0 Å². The van der Waals surface area contributed by atoms with Crippen LogP contribution in [0.15, 0.2) is 0 Å². The van der Waals surface area contributed by atoms with E-state index >= 15 is 0 Å². The average molecular weight is 218 g/mol. The van der Waals surface area contributed by atoms with Crippen molar-refractivity contribution in [3.8, 4) is 0 Å². The van der Waals surface area contributed by atoms with Crippen molar-refractivity contribution in [2.24, 2.45) is 17.2 Å². The van der Waals surface area contributed by atoms with Gasteiger partial charge in [-0.15, -0.1) is 0 Å². The molecule has 8 heteroatoms. The number of rotatable bonds is 5. The molecule has 8 nitrogen and oxygen atoms in total.